The quantitative estimate of drug-likeness (QED) is 0.675. The van der Waals surface area contributed by atoms with Crippen molar-refractivity contribution in [3.05, 3.63) is 47.7 Å². The van der Waals surface area contributed by atoms with Gasteiger partial charge in [0.25, 0.3) is 0 Å². The molecule has 0 saturated carbocycles. The summed E-state index contributed by atoms with van der Waals surface area (Å²) in [6.07, 6.45) is 3.29. The fourth-order valence-corrected chi connectivity index (χ4v) is 4.52. The Balaban J connectivity index is 1.37. The number of nitrogen functional groups attached to an aromatic ring is 1. The predicted octanol–water partition coefficient (Wildman–Crippen LogP) is 2.95. The van der Waals surface area contributed by atoms with Gasteiger partial charge in [0, 0.05) is 35.8 Å². The van der Waals surface area contributed by atoms with Crippen LogP contribution in [0.5, 0.6) is 11.8 Å². The van der Waals surface area contributed by atoms with E-state index >= 15 is 0 Å². The fraction of sp³-hybridized carbons (Fsp3) is 0.391. The van der Waals surface area contributed by atoms with Gasteiger partial charge < -0.3 is 20.5 Å². The Morgan fingerprint density at radius 2 is 1.90 bits per heavy atom. The predicted molar refractivity (Wildman–Crippen MR) is 118 cm³/mol. The van der Waals surface area contributed by atoms with Gasteiger partial charge in [0.15, 0.2) is 0 Å². The summed E-state index contributed by atoms with van der Waals surface area (Å²) in [6.45, 7) is 5.15. The van der Waals surface area contributed by atoms with Crippen molar-refractivity contribution in [2.24, 2.45) is 0 Å². The zero-order valence-electron chi connectivity index (χ0n) is 17.0. The van der Waals surface area contributed by atoms with Crippen molar-refractivity contribution >= 4 is 22.3 Å². The zero-order chi connectivity index (χ0) is 20.5. The zero-order valence-corrected chi connectivity index (χ0v) is 17.0. The summed E-state index contributed by atoms with van der Waals surface area (Å²) < 4.78 is 5.84. The molecule has 7 heteroatoms. The number of phenolic OH excluding ortho intramolecular Hbond substituents is 1. The Hall–Kier alpha value is -3.06. The molecule has 0 atom stereocenters. The second-order valence-corrected chi connectivity index (χ2v) is 8.07. The molecule has 2 aromatic carbocycles. The highest BCUT2D eigenvalue weighted by atomic mass is 16.5. The van der Waals surface area contributed by atoms with E-state index in [-0.39, 0.29) is 5.75 Å². The molecule has 7 nitrogen and oxygen atoms in total. The molecule has 0 amide bonds. The molecule has 0 radical (unpaired) electrons. The summed E-state index contributed by atoms with van der Waals surface area (Å²) in [5.41, 5.74) is 9.14. The van der Waals surface area contributed by atoms with Gasteiger partial charge in [-0.1, -0.05) is 24.3 Å². The number of nitrogens with zero attached hydrogens (tertiary/aromatic N) is 4. The lowest BCUT2D eigenvalue weighted by Crippen LogP contribution is -2.32. The smallest absolute Gasteiger partial charge is 0.318 e. The minimum atomic E-state index is 0.266. The van der Waals surface area contributed by atoms with Crippen LogP contribution in [0.15, 0.2) is 36.4 Å². The highest BCUT2D eigenvalue weighted by Crippen LogP contribution is 2.35. The van der Waals surface area contributed by atoms with Gasteiger partial charge in [-0.05, 0) is 43.8 Å². The molecule has 0 unspecified atom stereocenters. The van der Waals surface area contributed by atoms with Crippen molar-refractivity contribution in [1.82, 2.24) is 14.9 Å². The van der Waals surface area contributed by atoms with Gasteiger partial charge in [0.05, 0.1) is 12.2 Å². The van der Waals surface area contributed by atoms with Gasteiger partial charge in [-0.25, -0.2) is 0 Å². The molecule has 1 aromatic heterocycles. The van der Waals surface area contributed by atoms with E-state index in [9.17, 15) is 5.11 Å². The summed E-state index contributed by atoms with van der Waals surface area (Å²) in [5, 5.41) is 12.3. The van der Waals surface area contributed by atoms with Crippen LogP contribution in [0.1, 0.15) is 24.1 Å². The van der Waals surface area contributed by atoms with Gasteiger partial charge in [-0.15, -0.1) is 0 Å². The van der Waals surface area contributed by atoms with Gasteiger partial charge in [-0.2, -0.15) is 9.97 Å². The lowest BCUT2D eigenvalue weighted by molar-refractivity contribution is 0.225. The molecule has 3 heterocycles. The van der Waals surface area contributed by atoms with E-state index < -0.39 is 0 Å². The van der Waals surface area contributed by atoms with Crippen LogP contribution in [0.3, 0.4) is 0 Å². The summed E-state index contributed by atoms with van der Waals surface area (Å²) in [6, 6.07) is 12.1. The maximum absolute atomic E-state index is 10.2. The number of anilines is 2. The number of rotatable bonds is 5. The lowest BCUT2D eigenvalue weighted by atomic mass is 10.0. The molecule has 1 fully saturated rings. The van der Waals surface area contributed by atoms with E-state index in [2.05, 4.69) is 25.8 Å². The van der Waals surface area contributed by atoms with E-state index in [1.165, 1.54) is 12.8 Å². The van der Waals surface area contributed by atoms with Gasteiger partial charge in [0.1, 0.15) is 18.2 Å². The second-order valence-electron chi connectivity index (χ2n) is 8.07. The Morgan fingerprint density at radius 3 is 2.77 bits per heavy atom. The van der Waals surface area contributed by atoms with Crippen LogP contribution in [0, 0.1) is 0 Å². The Labute approximate surface area is 176 Å². The number of aromatic hydroxyl groups is 1. The molecule has 0 spiro atoms. The van der Waals surface area contributed by atoms with Crippen molar-refractivity contribution in [3.63, 3.8) is 0 Å². The third-order valence-corrected chi connectivity index (χ3v) is 6.08. The molecule has 1 saturated heterocycles. The topological polar surface area (TPSA) is 87.7 Å². The Morgan fingerprint density at radius 1 is 1.07 bits per heavy atom. The molecule has 2 aliphatic rings. The Kier molecular flexibility index (Phi) is 5.04. The highest BCUT2D eigenvalue weighted by molar-refractivity contribution is 5.95. The third-order valence-electron chi connectivity index (χ3n) is 6.08. The fourth-order valence-electron chi connectivity index (χ4n) is 4.52. The number of phenols is 1. The first kappa shape index (κ1) is 18.9. The molecule has 156 valence electrons. The number of nitrogens with two attached hydrogens (primary N) is 1. The first-order chi connectivity index (χ1) is 14.7. The molecule has 3 N–H and O–H groups in total. The van der Waals surface area contributed by atoms with Crippen LogP contribution in [0.4, 0.5) is 11.5 Å². The lowest BCUT2D eigenvalue weighted by Gasteiger charge is -2.31. The number of fused-ring (bicyclic) bond motifs is 2. The van der Waals surface area contributed by atoms with Crippen molar-refractivity contribution in [1.29, 1.82) is 0 Å². The summed E-state index contributed by atoms with van der Waals surface area (Å²) >= 11 is 0. The molecule has 0 bridgehead atoms. The molecule has 30 heavy (non-hydrogen) atoms. The van der Waals surface area contributed by atoms with Crippen LogP contribution in [-0.4, -0.2) is 52.8 Å². The van der Waals surface area contributed by atoms with Gasteiger partial charge in [0.2, 0.25) is 0 Å². The molecule has 2 aliphatic heterocycles. The Bertz CT molecular complexity index is 1060. The van der Waals surface area contributed by atoms with E-state index in [1.54, 1.807) is 6.07 Å². The van der Waals surface area contributed by atoms with Crippen molar-refractivity contribution in [2.45, 2.75) is 25.8 Å². The minimum Gasteiger partial charge on any atom is -0.508 e. The van der Waals surface area contributed by atoms with Gasteiger partial charge >= 0.3 is 6.01 Å². The van der Waals surface area contributed by atoms with Crippen molar-refractivity contribution in [3.8, 4) is 11.8 Å². The molecule has 3 aromatic rings. The van der Waals surface area contributed by atoms with E-state index in [4.69, 9.17) is 10.5 Å². The van der Waals surface area contributed by atoms with Crippen molar-refractivity contribution < 1.29 is 9.84 Å². The van der Waals surface area contributed by atoms with Crippen molar-refractivity contribution in [2.75, 3.05) is 43.4 Å². The first-order valence-electron chi connectivity index (χ1n) is 10.6. The monoisotopic (exact) mass is 405 g/mol. The largest absolute Gasteiger partial charge is 0.508 e. The van der Waals surface area contributed by atoms with Gasteiger partial charge in [-0.3, -0.25) is 4.90 Å². The summed E-state index contributed by atoms with van der Waals surface area (Å²) in [4.78, 5) is 13.7. The van der Waals surface area contributed by atoms with Crippen LogP contribution >= 0.6 is 0 Å². The van der Waals surface area contributed by atoms with Crippen LogP contribution < -0.4 is 15.4 Å². The number of aromatic nitrogens is 2. The molecular weight excluding hydrogens is 378 g/mol. The molecular formula is C23H27N5O2. The first-order valence-corrected chi connectivity index (χ1v) is 10.6. The SMILES string of the molecule is Nc1nc(OCCN2CCCC2)nc2c1CCN(c1cc(O)cc3ccccc13)C2. The number of hydrogen-bond acceptors (Lipinski definition) is 7. The van der Waals surface area contributed by atoms with E-state index in [0.29, 0.717) is 25.0 Å². The minimum absolute atomic E-state index is 0.266. The van der Waals surface area contributed by atoms with Crippen LogP contribution in [-0.2, 0) is 13.0 Å². The molecule has 5 rings (SSSR count). The van der Waals surface area contributed by atoms with E-state index in [1.807, 2.05) is 24.3 Å². The van der Waals surface area contributed by atoms with Crippen LogP contribution in [0.25, 0.3) is 10.8 Å². The average Bonchev–Trinajstić information content (AvgIpc) is 3.26. The highest BCUT2D eigenvalue weighted by Gasteiger charge is 2.23. The normalized spacial score (nSPS) is 16.7. The standard InChI is InChI=1S/C23H27N5O2/c24-22-19-7-10-28(21-14-17(29)13-16-5-1-2-6-18(16)21)15-20(19)25-23(26-22)30-12-11-27-8-3-4-9-27/h1-2,5-6,13-14,29H,3-4,7-12,15H2,(H2,24,25,26). The number of likely N-dealkylation sites (tertiary alicyclic amines) is 1. The average molecular weight is 406 g/mol. The summed E-state index contributed by atoms with van der Waals surface area (Å²) in [5.74, 6) is 0.777. The number of ether oxygens (including phenoxy) is 1. The number of hydrogen-bond donors (Lipinski definition) is 2. The molecule has 0 aliphatic carbocycles. The second kappa shape index (κ2) is 7.99. The summed E-state index contributed by atoms with van der Waals surface area (Å²) in [7, 11) is 0. The maximum atomic E-state index is 10.2. The van der Waals surface area contributed by atoms with Crippen LogP contribution in [0.2, 0.25) is 0 Å². The van der Waals surface area contributed by atoms with E-state index in [0.717, 1.165) is 60.3 Å². The number of benzene rings is 2. The maximum Gasteiger partial charge on any atom is 0.318 e. The third kappa shape index (κ3) is 3.73.